The molecule has 0 aliphatic rings. The average Bonchev–Trinajstić information content (AvgIpc) is 2.32. The minimum atomic E-state index is -0.305. The Morgan fingerprint density at radius 2 is 1.94 bits per heavy atom. The van der Waals surface area contributed by atoms with Gasteiger partial charge in [0.25, 0.3) is 0 Å². The first-order valence-electron chi connectivity index (χ1n) is 5.17. The van der Waals surface area contributed by atoms with Crippen LogP contribution in [0.25, 0.3) is 11.4 Å². The molecular weight excluding hydrogens is 219 g/mol. The largest absolute Gasteiger partial charge is 0.296 e. The Bertz CT molecular complexity index is 582. The zero-order valence-electron chi connectivity index (χ0n) is 9.57. The molecule has 0 saturated carbocycles. The molecule has 17 heavy (non-hydrogen) atoms. The predicted molar refractivity (Wildman–Crippen MR) is 62.3 cm³/mol. The van der Waals surface area contributed by atoms with E-state index in [-0.39, 0.29) is 5.82 Å². The van der Waals surface area contributed by atoms with Crippen LogP contribution in [0.15, 0.2) is 24.3 Å². The summed E-state index contributed by atoms with van der Waals surface area (Å²) in [6, 6.07) is 6.36. The third-order valence-corrected chi connectivity index (χ3v) is 2.42. The number of carbonyl (C=O) groups is 1. The summed E-state index contributed by atoms with van der Waals surface area (Å²) < 4.78 is 13.4. The summed E-state index contributed by atoms with van der Waals surface area (Å²) in [5.41, 5.74) is 2.11. The van der Waals surface area contributed by atoms with Crippen LogP contribution >= 0.6 is 0 Å². The summed E-state index contributed by atoms with van der Waals surface area (Å²) in [6.07, 6.45) is 0.655. The number of aryl methyl sites for hydroxylation is 2. The molecule has 0 atom stereocenters. The summed E-state index contributed by atoms with van der Waals surface area (Å²) in [7, 11) is 0. The Hall–Kier alpha value is -2.10. The van der Waals surface area contributed by atoms with Gasteiger partial charge in [-0.3, -0.25) is 4.79 Å². The molecule has 4 heteroatoms. The van der Waals surface area contributed by atoms with Gasteiger partial charge < -0.3 is 0 Å². The molecule has 2 rings (SSSR count). The predicted octanol–water partition coefficient (Wildman–Crippen LogP) is 2.71. The number of hydrogen-bond acceptors (Lipinski definition) is 3. The molecule has 0 spiro atoms. The fourth-order valence-electron chi connectivity index (χ4n) is 1.51. The third kappa shape index (κ3) is 2.36. The maximum absolute atomic E-state index is 13.4. The van der Waals surface area contributed by atoms with E-state index in [9.17, 15) is 9.18 Å². The van der Waals surface area contributed by atoms with Gasteiger partial charge in [0.2, 0.25) is 0 Å². The number of hydrogen-bond donors (Lipinski definition) is 0. The second-order valence-electron chi connectivity index (χ2n) is 3.84. The molecule has 0 aliphatic heterocycles. The van der Waals surface area contributed by atoms with E-state index in [4.69, 9.17) is 0 Å². The van der Waals surface area contributed by atoms with Crippen LogP contribution in [0.2, 0.25) is 0 Å². The fraction of sp³-hybridized carbons (Fsp3) is 0.154. The van der Waals surface area contributed by atoms with Crippen molar-refractivity contribution < 1.29 is 9.18 Å². The van der Waals surface area contributed by atoms with E-state index in [0.717, 1.165) is 0 Å². The zero-order valence-corrected chi connectivity index (χ0v) is 9.57. The molecule has 1 aromatic carbocycles. The smallest absolute Gasteiger partial charge is 0.168 e. The van der Waals surface area contributed by atoms with E-state index < -0.39 is 0 Å². The highest BCUT2D eigenvalue weighted by Gasteiger charge is 2.07. The highest BCUT2D eigenvalue weighted by atomic mass is 19.1. The first-order valence-corrected chi connectivity index (χ1v) is 5.17. The Labute approximate surface area is 98.3 Å². The Kier molecular flexibility index (Phi) is 2.95. The number of rotatable bonds is 2. The van der Waals surface area contributed by atoms with Gasteiger partial charge in [0.05, 0.1) is 0 Å². The van der Waals surface area contributed by atoms with E-state index in [1.165, 1.54) is 6.07 Å². The van der Waals surface area contributed by atoms with Crippen molar-refractivity contribution in [3.8, 4) is 11.4 Å². The van der Waals surface area contributed by atoms with Crippen LogP contribution in [0.4, 0.5) is 4.39 Å². The topological polar surface area (TPSA) is 42.9 Å². The molecule has 0 unspecified atom stereocenters. The highest BCUT2D eigenvalue weighted by molar-refractivity contribution is 5.73. The minimum absolute atomic E-state index is 0.300. The van der Waals surface area contributed by atoms with Gasteiger partial charge in [-0.1, -0.05) is 12.1 Å². The molecule has 0 bridgehead atoms. The molecule has 0 saturated heterocycles. The molecule has 1 heterocycles. The lowest BCUT2D eigenvalue weighted by Crippen LogP contribution is -1.97. The van der Waals surface area contributed by atoms with Crippen LogP contribution in [0, 0.1) is 19.7 Å². The standard InChI is InChI=1S/C13H11FN2O/c1-8-3-4-10(6-12(8)14)13-15-9(2)5-11(7-17)16-13/h3-7H,1-2H3. The number of benzene rings is 1. The number of carbonyl (C=O) groups excluding carboxylic acids is 1. The quantitative estimate of drug-likeness (QED) is 0.745. The van der Waals surface area contributed by atoms with Crippen LogP contribution in [0.3, 0.4) is 0 Å². The lowest BCUT2D eigenvalue weighted by molar-refractivity contribution is 0.111. The van der Waals surface area contributed by atoms with Gasteiger partial charge in [0.1, 0.15) is 11.5 Å². The maximum atomic E-state index is 13.4. The van der Waals surface area contributed by atoms with Crippen molar-refractivity contribution in [1.82, 2.24) is 9.97 Å². The number of halogens is 1. The average molecular weight is 230 g/mol. The van der Waals surface area contributed by atoms with E-state index in [1.54, 1.807) is 32.0 Å². The second kappa shape index (κ2) is 4.41. The Morgan fingerprint density at radius 3 is 2.59 bits per heavy atom. The first kappa shape index (κ1) is 11.4. The Balaban J connectivity index is 2.55. The van der Waals surface area contributed by atoms with Gasteiger partial charge in [-0.05, 0) is 31.5 Å². The highest BCUT2D eigenvalue weighted by Crippen LogP contribution is 2.18. The first-order chi connectivity index (χ1) is 8.10. The van der Waals surface area contributed by atoms with Crippen LogP contribution in [-0.2, 0) is 0 Å². The van der Waals surface area contributed by atoms with Crippen molar-refractivity contribution >= 4 is 6.29 Å². The van der Waals surface area contributed by atoms with Gasteiger partial charge in [-0.2, -0.15) is 0 Å². The third-order valence-electron chi connectivity index (χ3n) is 2.42. The molecule has 2 aromatic rings. The van der Waals surface area contributed by atoms with Crippen molar-refractivity contribution in [2.45, 2.75) is 13.8 Å². The normalized spacial score (nSPS) is 10.3. The zero-order chi connectivity index (χ0) is 12.4. The molecular formula is C13H11FN2O. The van der Waals surface area contributed by atoms with E-state index >= 15 is 0 Å². The van der Waals surface area contributed by atoms with Gasteiger partial charge in [-0.15, -0.1) is 0 Å². The van der Waals surface area contributed by atoms with Gasteiger partial charge >= 0.3 is 0 Å². The SMILES string of the molecule is Cc1cc(C=O)nc(-c2ccc(C)c(F)c2)n1. The lowest BCUT2D eigenvalue weighted by atomic mass is 10.1. The summed E-state index contributed by atoms with van der Waals surface area (Å²) in [4.78, 5) is 18.9. The summed E-state index contributed by atoms with van der Waals surface area (Å²) in [5.74, 6) is 0.0614. The monoisotopic (exact) mass is 230 g/mol. The molecule has 0 N–H and O–H groups in total. The summed E-state index contributed by atoms with van der Waals surface area (Å²) in [5, 5.41) is 0. The van der Waals surface area contributed by atoms with E-state index in [1.807, 2.05) is 0 Å². The van der Waals surface area contributed by atoms with Gasteiger partial charge in [-0.25, -0.2) is 14.4 Å². The maximum Gasteiger partial charge on any atom is 0.168 e. The molecule has 0 aliphatic carbocycles. The lowest BCUT2D eigenvalue weighted by Gasteiger charge is -2.04. The van der Waals surface area contributed by atoms with Crippen molar-refractivity contribution in [2.75, 3.05) is 0 Å². The van der Waals surface area contributed by atoms with Crippen molar-refractivity contribution in [3.05, 3.63) is 47.0 Å². The second-order valence-corrected chi connectivity index (χ2v) is 3.84. The van der Waals surface area contributed by atoms with E-state index in [2.05, 4.69) is 9.97 Å². The number of aromatic nitrogens is 2. The van der Waals surface area contributed by atoms with Crippen molar-refractivity contribution in [3.63, 3.8) is 0 Å². The van der Waals surface area contributed by atoms with Crippen LogP contribution in [0.5, 0.6) is 0 Å². The van der Waals surface area contributed by atoms with E-state index in [0.29, 0.717) is 34.6 Å². The van der Waals surface area contributed by atoms with Gasteiger partial charge in [0.15, 0.2) is 12.1 Å². The molecule has 1 aromatic heterocycles. The molecule has 0 radical (unpaired) electrons. The van der Waals surface area contributed by atoms with Crippen molar-refractivity contribution in [1.29, 1.82) is 0 Å². The summed E-state index contributed by atoms with van der Waals surface area (Å²) >= 11 is 0. The number of nitrogens with zero attached hydrogens (tertiary/aromatic N) is 2. The van der Waals surface area contributed by atoms with Gasteiger partial charge in [0, 0.05) is 11.3 Å². The fourth-order valence-corrected chi connectivity index (χ4v) is 1.51. The Morgan fingerprint density at radius 1 is 1.18 bits per heavy atom. The summed E-state index contributed by atoms with van der Waals surface area (Å²) in [6.45, 7) is 3.45. The molecule has 0 fully saturated rings. The van der Waals surface area contributed by atoms with Crippen LogP contribution in [0.1, 0.15) is 21.7 Å². The molecule has 3 nitrogen and oxygen atoms in total. The minimum Gasteiger partial charge on any atom is -0.296 e. The number of aldehydes is 1. The van der Waals surface area contributed by atoms with Crippen molar-refractivity contribution in [2.24, 2.45) is 0 Å². The van der Waals surface area contributed by atoms with Crippen LogP contribution < -0.4 is 0 Å². The molecule has 0 amide bonds. The molecule has 86 valence electrons. The van der Waals surface area contributed by atoms with Crippen LogP contribution in [-0.4, -0.2) is 16.3 Å².